The Morgan fingerprint density at radius 3 is 3.00 bits per heavy atom. The van der Waals surface area contributed by atoms with Gasteiger partial charge in [0.1, 0.15) is 0 Å². The minimum Gasteiger partial charge on any atom is -0.184 e. The molecule has 0 bridgehead atoms. The average Bonchev–Trinajstić information content (AvgIpc) is 2.34. The SMILES string of the molecule is CCc1cnn(SF)c1. The minimum atomic E-state index is 0.111. The van der Waals surface area contributed by atoms with Gasteiger partial charge in [-0.25, -0.2) is 0 Å². The van der Waals surface area contributed by atoms with Gasteiger partial charge in [-0.05, 0) is 12.0 Å². The Kier molecular flexibility index (Phi) is 2.10. The highest BCUT2D eigenvalue weighted by Gasteiger charge is 1.93. The molecule has 1 aromatic rings. The first kappa shape index (κ1) is 6.61. The van der Waals surface area contributed by atoms with E-state index < -0.39 is 0 Å². The number of nitrogens with zero attached hydrogens (tertiary/aromatic N) is 2. The fourth-order valence-electron chi connectivity index (χ4n) is 0.560. The molecule has 1 aromatic heterocycles. The van der Waals surface area contributed by atoms with Gasteiger partial charge in [-0.15, -0.1) is 3.89 Å². The van der Waals surface area contributed by atoms with Crippen LogP contribution < -0.4 is 0 Å². The topological polar surface area (TPSA) is 17.8 Å². The molecular formula is C5H7FN2S. The highest BCUT2D eigenvalue weighted by atomic mass is 32.2. The summed E-state index contributed by atoms with van der Waals surface area (Å²) in [4.78, 5) is 0. The molecule has 0 fully saturated rings. The molecule has 0 aliphatic rings. The van der Waals surface area contributed by atoms with Gasteiger partial charge in [0.05, 0.1) is 6.20 Å². The monoisotopic (exact) mass is 146 g/mol. The van der Waals surface area contributed by atoms with Gasteiger partial charge in [0.15, 0.2) is 12.3 Å². The van der Waals surface area contributed by atoms with Crippen LogP contribution in [0.25, 0.3) is 0 Å². The van der Waals surface area contributed by atoms with Crippen LogP contribution in [0.5, 0.6) is 0 Å². The van der Waals surface area contributed by atoms with Crippen LogP contribution in [0.3, 0.4) is 0 Å². The third-order valence-electron chi connectivity index (χ3n) is 1.09. The van der Waals surface area contributed by atoms with E-state index >= 15 is 0 Å². The molecule has 0 amide bonds. The molecule has 0 spiro atoms. The maximum atomic E-state index is 11.7. The summed E-state index contributed by atoms with van der Waals surface area (Å²) >= 11 is 0.111. The van der Waals surface area contributed by atoms with Crippen molar-refractivity contribution in [2.75, 3.05) is 0 Å². The van der Waals surface area contributed by atoms with E-state index in [0.29, 0.717) is 0 Å². The second-order valence-corrected chi connectivity index (χ2v) is 2.19. The van der Waals surface area contributed by atoms with Crippen LogP contribution in [-0.2, 0) is 6.42 Å². The first-order valence-corrected chi connectivity index (χ1v) is 3.37. The van der Waals surface area contributed by atoms with E-state index in [9.17, 15) is 3.89 Å². The Hall–Kier alpha value is -0.510. The van der Waals surface area contributed by atoms with E-state index in [0.717, 1.165) is 12.0 Å². The second kappa shape index (κ2) is 2.87. The van der Waals surface area contributed by atoms with Crippen LogP contribution >= 0.6 is 12.3 Å². The van der Waals surface area contributed by atoms with Gasteiger partial charge in [-0.3, -0.25) is 0 Å². The molecule has 0 N–H and O–H groups in total. The first-order chi connectivity index (χ1) is 4.36. The van der Waals surface area contributed by atoms with Crippen molar-refractivity contribution >= 4 is 12.3 Å². The summed E-state index contributed by atoms with van der Waals surface area (Å²) in [5.41, 5.74) is 1.06. The Balaban J connectivity index is 2.74. The molecule has 1 rings (SSSR count). The van der Waals surface area contributed by atoms with Gasteiger partial charge in [0.2, 0.25) is 0 Å². The number of halogens is 1. The predicted molar refractivity (Wildman–Crippen MR) is 35.7 cm³/mol. The molecule has 0 radical (unpaired) electrons. The average molecular weight is 146 g/mol. The minimum absolute atomic E-state index is 0.111. The summed E-state index contributed by atoms with van der Waals surface area (Å²) < 4.78 is 12.9. The zero-order chi connectivity index (χ0) is 6.69. The normalized spacial score (nSPS) is 10.0. The number of aryl methyl sites for hydroxylation is 1. The fraction of sp³-hybridized carbons (Fsp3) is 0.400. The van der Waals surface area contributed by atoms with Crippen LogP contribution in [-0.4, -0.2) is 9.19 Å². The van der Waals surface area contributed by atoms with Crippen molar-refractivity contribution in [3.05, 3.63) is 18.0 Å². The van der Waals surface area contributed by atoms with Crippen molar-refractivity contribution in [1.29, 1.82) is 0 Å². The number of hydrogen-bond acceptors (Lipinski definition) is 2. The summed E-state index contributed by atoms with van der Waals surface area (Å²) in [7, 11) is 0. The third-order valence-corrected chi connectivity index (χ3v) is 1.43. The zero-order valence-electron chi connectivity index (χ0n) is 5.04. The van der Waals surface area contributed by atoms with Crippen LogP contribution in [0.4, 0.5) is 3.89 Å². The van der Waals surface area contributed by atoms with E-state index in [4.69, 9.17) is 0 Å². The molecule has 0 saturated heterocycles. The summed E-state index contributed by atoms with van der Waals surface area (Å²) in [5.74, 6) is 0. The quantitative estimate of drug-likeness (QED) is 0.633. The molecule has 0 unspecified atom stereocenters. The van der Waals surface area contributed by atoms with Crippen molar-refractivity contribution in [2.45, 2.75) is 13.3 Å². The van der Waals surface area contributed by atoms with Crippen molar-refractivity contribution in [3.63, 3.8) is 0 Å². The molecule has 0 saturated carbocycles. The lowest BCUT2D eigenvalue weighted by molar-refractivity contribution is 0.878. The molecule has 0 aliphatic carbocycles. The van der Waals surface area contributed by atoms with Gasteiger partial charge in [0, 0.05) is 6.20 Å². The number of rotatable bonds is 2. The lowest BCUT2D eigenvalue weighted by Gasteiger charge is -1.83. The number of aromatic nitrogens is 2. The summed E-state index contributed by atoms with van der Waals surface area (Å²) in [6, 6.07) is 0. The lowest BCUT2D eigenvalue weighted by Crippen LogP contribution is -1.79. The van der Waals surface area contributed by atoms with E-state index in [1.807, 2.05) is 6.92 Å². The van der Waals surface area contributed by atoms with Crippen molar-refractivity contribution in [2.24, 2.45) is 0 Å². The number of hydrogen-bond donors (Lipinski definition) is 0. The largest absolute Gasteiger partial charge is 0.187 e. The molecule has 2 nitrogen and oxygen atoms in total. The van der Waals surface area contributed by atoms with Crippen molar-refractivity contribution in [1.82, 2.24) is 9.19 Å². The zero-order valence-corrected chi connectivity index (χ0v) is 5.86. The van der Waals surface area contributed by atoms with Gasteiger partial charge >= 0.3 is 0 Å². The van der Waals surface area contributed by atoms with Gasteiger partial charge in [-0.1, -0.05) is 6.92 Å². The molecule has 9 heavy (non-hydrogen) atoms. The maximum Gasteiger partial charge on any atom is 0.187 e. The standard InChI is InChI=1S/C5H7FN2S/c1-2-5-3-7-8(4-5)9-6/h3-4H,2H2,1H3. The summed E-state index contributed by atoms with van der Waals surface area (Å²) in [5, 5.41) is 3.71. The van der Waals surface area contributed by atoms with E-state index in [1.54, 1.807) is 12.4 Å². The van der Waals surface area contributed by atoms with Gasteiger partial charge < -0.3 is 0 Å². The van der Waals surface area contributed by atoms with Crippen LogP contribution in [0.2, 0.25) is 0 Å². The molecule has 0 aliphatic heterocycles. The van der Waals surface area contributed by atoms with E-state index in [-0.39, 0.29) is 12.3 Å². The summed E-state index contributed by atoms with van der Waals surface area (Å²) in [6.45, 7) is 2.00. The smallest absolute Gasteiger partial charge is 0.184 e. The summed E-state index contributed by atoms with van der Waals surface area (Å²) in [6.07, 6.45) is 4.23. The van der Waals surface area contributed by atoms with Crippen LogP contribution in [0, 0.1) is 0 Å². The molecule has 4 heteroatoms. The Morgan fingerprint density at radius 2 is 2.67 bits per heavy atom. The lowest BCUT2D eigenvalue weighted by atomic mass is 10.3. The Morgan fingerprint density at radius 1 is 1.89 bits per heavy atom. The maximum absolute atomic E-state index is 11.7. The molecule has 50 valence electrons. The van der Waals surface area contributed by atoms with E-state index in [1.165, 1.54) is 4.09 Å². The second-order valence-electron chi connectivity index (χ2n) is 1.67. The first-order valence-electron chi connectivity index (χ1n) is 2.69. The highest BCUT2D eigenvalue weighted by molar-refractivity contribution is 7.92. The Bertz CT molecular complexity index is 168. The highest BCUT2D eigenvalue weighted by Crippen LogP contribution is 2.06. The molecule has 0 atom stereocenters. The molecule has 1 heterocycles. The fourth-order valence-corrected chi connectivity index (χ4v) is 0.818. The molecule has 0 aromatic carbocycles. The van der Waals surface area contributed by atoms with Crippen LogP contribution in [0.1, 0.15) is 12.5 Å². The van der Waals surface area contributed by atoms with Gasteiger partial charge in [0.25, 0.3) is 0 Å². The van der Waals surface area contributed by atoms with Crippen molar-refractivity contribution in [3.8, 4) is 0 Å². The van der Waals surface area contributed by atoms with E-state index in [2.05, 4.69) is 5.10 Å². The van der Waals surface area contributed by atoms with Crippen molar-refractivity contribution < 1.29 is 3.89 Å². The third kappa shape index (κ3) is 1.45. The predicted octanol–water partition coefficient (Wildman–Crippen LogP) is 1.83. The molecular weight excluding hydrogens is 139 g/mol. The van der Waals surface area contributed by atoms with Gasteiger partial charge in [-0.2, -0.15) is 9.19 Å². The van der Waals surface area contributed by atoms with Crippen LogP contribution in [0.15, 0.2) is 12.4 Å². The Labute approximate surface area is 57.5 Å².